The molecule has 3 atom stereocenters. The lowest BCUT2D eigenvalue weighted by atomic mass is 10.0. The molecule has 1 heterocycles. The molecule has 10 nitrogen and oxygen atoms in total. The summed E-state index contributed by atoms with van der Waals surface area (Å²) in [6, 6.07) is 4.54. The third kappa shape index (κ3) is 7.43. The van der Waals surface area contributed by atoms with E-state index < -0.39 is 36.0 Å². The number of urea groups is 1. The van der Waals surface area contributed by atoms with E-state index in [1.54, 1.807) is 18.3 Å². The SMILES string of the molecule is CCC[C@H](NC(=O)[C@H](Cc1csc2ccccc12)NC(=O)NNC(=O)[C@H](N)CC)C(=O)NC. The van der Waals surface area contributed by atoms with Crippen molar-refractivity contribution in [3.8, 4) is 0 Å². The average Bonchev–Trinajstić information content (AvgIpc) is 3.23. The van der Waals surface area contributed by atoms with Gasteiger partial charge in [0, 0.05) is 18.2 Å². The van der Waals surface area contributed by atoms with Gasteiger partial charge in [0.25, 0.3) is 5.91 Å². The summed E-state index contributed by atoms with van der Waals surface area (Å²) in [5.74, 6) is -1.35. The van der Waals surface area contributed by atoms with Crippen LogP contribution in [0.4, 0.5) is 4.79 Å². The first-order valence-electron chi connectivity index (χ1n) is 10.9. The van der Waals surface area contributed by atoms with Crippen LogP contribution >= 0.6 is 11.3 Å². The fourth-order valence-electron chi connectivity index (χ4n) is 3.21. The first-order chi connectivity index (χ1) is 15.8. The van der Waals surface area contributed by atoms with Crippen molar-refractivity contribution in [2.24, 2.45) is 5.73 Å². The first kappa shape index (κ1) is 26.1. The van der Waals surface area contributed by atoms with Gasteiger partial charge in [0.15, 0.2) is 0 Å². The van der Waals surface area contributed by atoms with Gasteiger partial charge in [-0.25, -0.2) is 10.2 Å². The molecular weight excluding hydrogens is 444 g/mol. The number of hydrogen-bond acceptors (Lipinski definition) is 6. The molecule has 0 unspecified atom stereocenters. The molecule has 1 aromatic heterocycles. The number of benzene rings is 1. The van der Waals surface area contributed by atoms with Crippen LogP contribution in [0.1, 0.15) is 38.7 Å². The number of likely N-dealkylation sites (N-methyl/N-ethyl adjacent to an activating group) is 1. The van der Waals surface area contributed by atoms with Gasteiger partial charge in [0.05, 0.1) is 6.04 Å². The van der Waals surface area contributed by atoms with Gasteiger partial charge in [0.1, 0.15) is 12.1 Å². The van der Waals surface area contributed by atoms with Crippen molar-refractivity contribution in [1.82, 2.24) is 26.8 Å². The zero-order valence-corrected chi connectivity index (χ0v) is 19.9. The third-order valence-electron chi connectivity index (χ3n) is 5.14. The van der Waals surface area contributed by atoms with Crippen molar-refractivity contribution in [2.45, 2.75) is 57.7 Å². The molecule has 0 bridgehead atoms. The van der Waals surface area contributed by atoms with E-state index >= 15 is 0 Å². The van der Waals surface area contributed by atoms with Gasteiger partial charge in [-0.1, -0.05) is 38.5 Å². The Labute approximate surface area is 197 Å². The Kier molecular flexibility index (Phi) is 10.1. The molecule has 0 spiro atoms. The second kappa shape index (κ2) is 12.8. The Morgan fingerprint density at radius 2 is 1.70 bits per heavy atom. The number of carbonyl (C=O) groups is 4. The Morgan fingerprint density at radius 3 is 2.36 bits per heavy atom. The largest absolute Gasteiger partial charge is 0.357 e. The second-order valence-electron chi connectivity index (χ2n) is 7.58. The van der Waals surface area contributed by atoms with Crippen LogP contribution in [0, 0.1) is 0 Å². The van der Waals surface area contributed by atoms with Crippen LogP contribution in [0.15, 0.2) is 29.6 Å². The number of carbonyl (C=O) groups excluding carboxylic acids is 4. The van der Waals surface area contributed by atoms with Gasteiger partial charge in [-0.2, -0.15) is 0 Å². The molecule has 11 heteroatoms. The minimum atomic E-state index is -0.983. The van der Waals surface area contributed by atoms with Gasteiger partial charge in [-0.05, 0) is 35.2 Å². The highest BCUT2D eigenvalue weighted by Crippen LogP contribution is 2.26. The van der Waals surface area contributed by atoms with Crippen LogP contribution in [0.2, 0.25) is 0 Å². The highest BCUT2D eigenvalue weighted by molar-refractivity contribution is 7.17. The van der Waals surface area contributed by atoms with Crippen molar-refractivity contribution in [2.75, 3.05) is 7.05 Å². The Bertz CT molecular complexity index is 979. The van der Waals surface area contributed by atoms with Crippen molar-refractivity contribution in [3.63, 3.8) is 0 Å². The summed E-state index contributed by atoms with van der Waals surface area (Å²) in [6.07, 6.45) is 1.76. The number of rotatable bonds is 10. The Balaban J connectivity index is 2.17. The van der Waals surface area contributed by atoms with Crippen LogP contribution in [-0.2, 0) is 20.8 Å². The minimum absolute atomic E-state index is 0.207. The van der Waals surface area contributed by atoms with E-state index in [4.69, 9.17) is 5.73 Å². The maximum Gasteiger partial charge on any atom is 0.334 e. The quantitative estimate of drug-likeness (QED) is 0.281. The number of nitrogens with one attached hydrogen (secondary N) is 5. The highest BCUT2D eigenvalue weighted by Gasteiger charge is 2.27. The number of amides is 5. The Hall–Kier alpha value is -3.18. The van der Waals surface area contributed by atoms with Crippen molar-refractivity contribution in [3.05, 3.63) is 35.2 Å². The fourth-order valence-corrected chi connectivity index (χ4v) is 4.19. The molecule has 2 aromatic rings. The molecule has 0 fully saturated rings. The second-order valence-corrected chi connectivity index (χ2v) is 8.49. The molecule has 0 aliphatic rings. The molecule has 33 heavy (non-hydrogen) atoms. The molecule has 0 aliphatic heterocycles. The molecular formula is C22H32N6O4S. The Morgan fingerprint density at radius 1 is 0.970 bits per heavy atom. The zero-order valence-electron chi connectivity index (χ0n) is 19.1. The number of nitrogens with two attached hydrogens (primary N) is 1. The topological polar surface area (TPSA) is 154 Å². The summed E-state index contributed by atoms with van der Waals surface area (Å²) in [6.45, 7) is 3.65. The van der Waals surface area contributed by atoms with E-state index in [2.05, 4.69) is 26.8 Å². The lowest BCUT2D eigenvalue weighted by Crippen LogP contribution is -2.58. The summed E-state index contributed by atoms with van der Waals surface area (Å²) in [4.78, 5) is 49.5. The van der Waals surface area contributed by atoms with Gasteiger partial charge < -0.3 is 21.7 Å². The van der Waals surface area contributed by atoms with Crippen LogP contribution in [0.25, 0.3) is 10.1 Å². The van der Waals surface area contributed by atoms with Crippen LogP contribution < -0.4 is 32.5 Å². The molecule has 0 saturated carbocycles. The molecule has 5 amide bonds. The van der Waals surface area contributed by atoms with E-state index in [0.717, 1.165) is 15.6 Å². The van der Waals surface area contributed by atoms with E-state index in [0.29, 0.717) is 19.3 Å². The van der Waals surface area contributed by atoms with Crippen LogP contribution in [-0.4, -0.2) is 48.9 Å². The third-order valence-corrected chi connectivity index (χ3v) is 6.15. The molecule has 2 rings (SSSR count). The van der Waals surface area contributed by atoms with E-state index in [1.165, 1.54) is 7.05 Å². The molecule has 1 aromatic carbocycles. The molecule has 180 valence electrons. The van der Waals surface area contributed by atoms with Gasteiger partial charge in [-0.3, -0.25) is 19.8 Å². The summed E-state index contributed by atoms with van der Waals surface area (Å²) in [5, 5.41) is 10.8. The van der Waals surface area contributed by atoms with Gasteiger partial charge in [0.2, 0.25) is 11.8 Å². The lowest BCUT2D eigenvalue weighted by molar-refractivity contribution is -0.129. The molecule has 0 saturated heterocycles. The predicted molar refractivity (Wildman–Crippen MR) is 128 cm³/mol. The molecule has 7 N–H and O–H groups in total. The van der Waals surface area contributed by atoms with Gasteiger partial charge >= 0.3 is 6.03 Å². The van der Waals surface area contributed by atoms with Crippen LogP contribution in [0.5, 0.6) is 0 Å². The number of hydrogen-bond donors (Lipinski definition) is 6. The first-order valence-corrected chi connectivity index (χ1v) is 11.8. The zero-order chi connectivity index (χ0) is 24.4. The maximum absolute atomic E-state index is 13.1. The normalized spacial score (nSPS) is 13.5. The van der Waals surface area contributed by atoms with Gasteiger partial charge in [-0.15, -0.1) is 11.3 Å². The number of hydrazine groups is 1. The standard InChI is InChI=1S/C22H32N6O4S/c1-4-8-16(20(30)24-3)25-21(31)17(26-22(32)28-27-19(29)15(23)5-2)11-13-12-33-18-10-7-6-9-14(13)18/h6-7,9-10,12,15-17H,4-5,8,11,23H2,1-3H3,(H,24,30)(H,25,31)(H,27,29)(H2,26,28,32)/t15-,16+,17+/m1/s1. The molecule has 0 radical (unpaired) electrons. The summed E-state index contributed by atoms with van der Waals surface area (Å²) >= 11 is 1.54. The minimum Gasteiger partial charge on any atom is -0.357 e. The fraction of sp³-hybridized carbons (Fsp3) is 0.455. The summed E-state index contributed by atoms with van der Waals surface area (Å²) in [5.41, 5.74) is 11.0. The average molecular weight is 477 g/mol. The molecule has 0 aliphatic carbocycles. The lowest BCUT2D eigenvalue weighted by Gasteiger charge is -2.23. The highest BCUT2D eigenvalue weighted by atomic mass is 32.1. The van der Waals surface area contributed by atoms with E-state index in [-0.39, 0.29) is 12.3 Å². The van der Waals surface area contributed by atoms with Crippen molar-refractivity contribution < 1.29 is 19.2 Å². The summed E-state index contributed by atoms with van der Waals surface area (Å²) < 4.78 is 1.06. The van der Waals surface area contributed by atoms with E-state index in [9.17, 15) is 19.2 Å². The summed E-state index contributed by atoms with van der Waals surface area (Å²) in [7, 11) is 1.50. The monoisotopic (exact) mass is 476 g/mol. The van der Waals surface area contributed by atoms with Crippen molar-refractivity contribution in [1.29, 1.82) is 0 Å². The van der Waals surface area contributed by atoms with Crippen LogP contribution in [0.3, 0.4) is 0 Å². The smallest absolute Gasteiger partial charge is 0.334 e. The number of thiophene rings is 1. The van der Waals surface area contributed by atoms with E-state index in [1.807, 2.05) is 36.6 Å². The van der Waals surface area contributed by atoms with Crippen molar-refractivity contribution >= 4 is 45.2 Å². The predicted octanol–water partition coefficient (Wildman–Crippen LogP) is 0.911. The maximum atomic E-state index is 13.1. The number of fused-ring (bicyclic) bond motifs is 1.